The quantitative estimate of drug-likeness (QED) is 0.870. The van der Waals surface area contributed by atoms with Crippen molar-refractivity contribution in [2.45, 2.75) is 23.4 Å². The molecule has 0 aliphatic carbocycles. The summed E-state index contributed by atoms with van der Waals surface area (Å²) >= 11 is -0.382. The SMILES string of the molecule is O=C(c1cccnc1SC(F)(F)F)N1CCCC(CO)C1. The molecule has 1 aromatic heterocycles. The molecule has 0 spiro atoms. The molecule has 0 bridgehead atoms. The molecule has 1 atom stereocenters. The minimum Gasteiger partial charge on any atom is -0.396 e. The number of aromatic nitrogens is 1. The van der Waals surface area contributed by atoms with Crippen LogP contribution in [0.1, 0.15) is 23.2 Å². The van der Waals surface area contributed by atoms with Crippen LogP contribution in [0.5, 0.6) is 0 Å². The largest absolute Gasteiger partial charge is 0.447 e. The number of aliphatic hydroxyl groups is 1. The van der Waals surface area contributed by atoms with Gasteiger partial charge < -0.3 is 10.0 Å². The second-order valence-electron chi connectivity index (χ2n) is 4.85. The van der Waals surface area contributed by atoms with Gasteiger partial charge in [-0.05, 0) is 30.9 Å². The summed E-state index contributed by atoms with van der Waals surface area (Å²) in [5.41, 5.74) is -4.53. The second-order valence-corrected chi connectivity index (χ2v) is 5.90. The molecule has 1 fully saturated rings. The van der Waals surface area contributed by atoms with E-state index in [4.69, 9.17) is 5.11 Å². The van der Waals surface area contributed by atoms with Gasteiger partial charge in [-0.3, -0.25) is 4.79 Å². The number of hydrogen-bond acceptors (Lipinski definition) is 4. The predicted octanol–water partition coefficient (Wildman–Crippen LogP) is 2.54. The normalized spacial score (nSPS) is 19.6. The molecule has 1 aromatic rings. The molecule has 116 valence electrons. The molecular weight excluding hydrogens is 305 g/mol. The van der Waals surface area contributed by atoms with Gasteiger partial charge in [-0.25, -0.2) is 4.98 Å². The Kier molecular flexibility index (Phi) is 5.10. The van der Waals surface area contributed by atoms with Gasteiger partial charge in [0.1, 0.15) is 5.03 Å². The number of carbonyl (C=O) groups is 1. The molecule has 1 N–H and O–H groups in total. The highest BCUT2D eigenvalue weighted by molar-refractivity contribution is 8.00. The maximum absolute atomic E-state index is 12.5. The highest BCUT2D eigenvalue weighted by Gasteiger charge is 2.33. The van der Waals surface area contributed by atoms with E-state index in [1.54, 1.807) is 0 Å². The third kappa shape index (κ3) is 4.34. The minimum atomic E-state index is -4.49. The molecular formula is C13H15F3N2O2S. The number of amides is 1. The molecule has 21 heavy (non-hydrogen) atoms. The van der Waals surface area contributed by atoms with Crippen molar-refractivity contribution in [1.82, 2.24) is 9.88 Å². The second kappa shape index (κ2) is 6.65. The number of aliphatic hydroxyl groups excluding tert-OH is 1. The average Bonchev–Trinajstić information content (AvgIpc) is 2.45. The first kappa shape index (κ1) is 16.1. The smallest absolute Gasteiger partial charge is 0.396 e. The number of nitrogens with zero attached hydrogens (tertiary/aromatic N) is 2. The van der Waals surface area contributed by atoms with E-state index >= 15 is 0 Å². The van der Waals surface area contributed by atoms with Gasteiger partial charge in [0.15, 0.2) is 0 Å². The van der Waals surface area contributed by atoms with Crippen molar-refractivity contribution in [3.8, 4) is 0 Å². The van der Waals surface area contributed by atoms with Gasteiger partial charge in [-0.1, -0.05) is 0 Å². The van der Waals surface area contributed by atoms with Crippen LogP contribution in [0.2, 0.25) is 0 Å². The third-order valence-corrected chi connectivity index (χ3v) is 4.03. The van der Waals surface area contributed by atoms with E-state index in [-0.39, 0.29) is 34.9 Å². The molecule has 0 saturated carbocycles. The number of alkyl halides is 3. The number of pyridine rings is 1. The van der Waals surface area contributed by atoms with Gasteiger partial charge in [0.05, 0.1) is 5.56 Å². The highest BCUT2D eigenvalue weighted by atomic mass is 32.2. The van der Waals surface area contributed by atoms with E-state index in [0.29, 0.717) is 13.1 Å². The van der Waals surface area contributed by atoms with Gasteiger partial charge in [0, 0.05) is 37.7 Å². The lowest BCUT2D eigenvalue weighted by molar-refractivity contribution is -0.0329. The van der Waals surface area contributed by atoms with Crippen LogP contribution in [-0.4, -0.2) is 46.1 Å². The number of rotatable bonds is 3. The number of carbonyl (C=O) groups excluding carboxylic acids is 1. The highest BCUT2D eigenvalue weighted by Crippen LogP contribution is 2.37. The molecule has 2 rings (SSSR count). The Bertz CT molecular complexity index is 510. The molecule has 1 unspecified atom stereocenters. The van der Waals surface area contributed by atoms with Gasteiger partial charge in [0.2, 0.25) is 0 Å². The van der Waals surface area contributed by atoms with Crippen molar-refractivity contribution in [3.63, 3.8) is 0 Å². The first-order valence-electron chi connectivity index (χ1n) is 6.51. The summed E-state index contributed by atoms with van der Waals surface area (Å²) in [4.78, 5) is 17.5. The Morgan fingerprint density at radius 2 is 2.29 bits per heavy atom. The monoisotopic (exact) mass is 320 g/mol. The van der Waals surface area contributed by atoms with Crippen LogP contribution < -0.4 is 0 Å². The Labute approximate surface area is 124 Å². The number of thioether (sulfide) groups is 1. The molecule has 0 radical (unpaired) electrons. The maximum Gasteiger partial charge on any atom is 0.447 e. The molecule has 4 nitrogen and oxygen atoms in total. The van der Waals surface area contributed by atoms with Gasteiger partial charge in [-0.2, -0.15) is 13.2 Å². The molecule has 1 aliphatic rings. The van der Waals surface area contributed by atoms with Crippen LogP contribution >= 0.6 is 11.8 Å². The van der Waals surface area contributed by atoms with E-state index in [1.165, 1.54) is 23.2 Å². The van der Waals surface area contributed by atoms with E-state index in [2.05, 4.69) is 4.98 Å². The van der Waals surface area contributed by atoms with Crippen LogP contribution in [-0.2, 0) is 0 Å². The van der Waals surface area contributed by atoms with E-state index in [9.17, 15) is 18.0 Å². The van der Waals surface area contributed by atoms with Crippen LogP contribution in [0.15, 0.2) is 23.4 Å². The van der Waals surface area contributed by atoms with Gasteiger partial charge >= 0.3 is 5.51 Å². The summed E-state index contributed by atoms with van der Waals surface area (Å²) in [6.07, 6.45) is 2.79. The predicted molar refractivity (Wildman–Crippen MR) is 71.9 cm³/mol. The fraction of sp³-hybridized carbons (Fsp3) is 0.538. The van der Waals surface area contributed by atoms with Crippen molar-refractivity contribution < 1.29 is 23.1 Å². The zero-order valence-electron chi connectivity index (χ0n) is 11.1. The zero-order valence-corrected chi connectivity index (χ0v) is 12.0. The van der Waals surface area contributed by atoms with Crippen LogP contribution in [0, 0.1) is 5.92 Å². The van der Waals surface area contributed by atoms with E-state index < -0.39 is 11.4 Å². The average molecular weight is 320 g/mol. The van der Waals surface area contributed by atoms with Crippen molar-refractivity contribution in [1.29, 1.82) is 0 Å². The Morgan fingerprint density at radius 3 is 2.95 bits per heavy atom. The van der Waals surface area contributed by atoms with E-state index in [0.717, 1.165) is 12.8 Å². The first-order valence-corrected chi connectivity index (χ1v) is 7.33. The fourth-order valence-electron chi connectivity index (χ4n) is 2.31. The standard InChI is InChI=1S/C13H15F3N2O2S/c14-13(15,16)21-11-10(4-1-5-17-11)12(20)18-6-2-3-9(7-18)8-19/h1,4-5,9,19H,2-3,6-8H2. The molecule has 0 aromatic carbocycles. The lowest BCUT2D eigenvalue weighted by Crippen LogP contribution is -2.41. The van der Waals surface area contributed by atoms with Crippen molar-refractivity contribution in [2.75, 3.05) is 19.7 Å². The van der Waals surface area contributed by atoms with Crippen LogP contribution in [0.3, 0.4) is 0 Å². The van der Waals surface area contributed by atoms with Crippen molar-refractivity contribution in [2.24, 2.45) is 5.92 Å². The lowest BCUT2D eigenvalue weighted by atomic mass is 9.98. The molecule has 1 saturated heterocycles. The minimum absolute atomic E-state index is 0.0157. The molecule has 1 amide bonds. The van der Waals surface area contributed by atoms with Crippen LogP contribution in [0.4, 0.5) is 13.2 Å². The number of likely N-dealkylation sites (tertiary alicyclic amines) is 1. The maximum atomic E-state index is 12.5. The Morgan fingerprint density at radius 1 is 1.52 bits per heavy atom. The number of hydrogen-bond donors (Lipinski definition) is 1. The first-order chi connectivity index (χ1) is 9.90. The zero-order chi connectivity index (χ0) is 15.5. The molecule has 1 aliphatic heterocycles. The summed E-state index contributed by atoms with van der Waals surface area (Å²) in [6, 6.07) is 2.80. The fourth-order valence-corrected chi connectivity index (χ4v) is 2.91. The number of piperidine rings is 1. The summed E-state index contributed by atoms with van der Waals surface area (Å²) in [5.74, 6) is -0.480. The third-order valence-electron chi connectivity index (χ3n) is 3.28. The number of halogens is 3. The van der Waals surface area contributed by atoms with Gasteiger partial charge in [0.25, 0.3) is 5.91 Å². The van der Waals surface area contributed by atoms with Gasteiger partial charge in [-0.15, -0.1) is 0 Å². The Hall–Kier alpha value is -1.28. The summed E-state index contributed by atoms with van der Waals surface area (Å²) in [6.45, 7) is 0.821. The summed E-state index contributed by atoms with van der Waals surface area (Å²) in [5, 5.41) is 8.83. The van der Waals surface area contributed by atoms with Crippen molar-refractivity contribution >= 4 is 17.7 Å². The van der Waals surface area contributed by atoms with E-state index in [1.807, 2.05) is 0 Å². The summed E-state index contributed by atoms with van der Waals surface area (Å²) in [7, 11) is 0. The van der Waals surface area contributed by atoms with Crippen molar-refractivity contribution in [3.05, 3.63) is 23.9 Å². The Balaban J connectivity index is 2.19. The summed E-state index contributed by atoms with van der Waals surface area (Å²) < 4.78 is 37.5. The lowest BCUT2D eigenvalue weighted by Gasteiger charge is -2.32. The molecule has 2 heterocycles. The molecule has 8 heteroatoms. The van der Waals surface area contributed by atoms with Crippen LogP contribution in [0.25, 0.3) is 0 Å². The topological polar surface area (TPSA) is 53.4 Å².